The molecule has 0 amide bonds. The van der Waals surface area contributed by atoms with Gasteiger partial charge in [-0.2, -0.15) is 0 Å². The van der Waals surface area contributed by atoms with Gasteiger partial charge in [0.2, 0.25) is 16.0 Å². The van der Waals surface area contributed by atoms with E-state index < -0.39 is 15.8 Å². The Morgan fingerprint density at radius 3 is 2.58 bits per heavy atom. The fourth-order valence-corrected chi connectivity index (χ4v) is 3.28. The van der Waals surface area contributed by atoms with Crippen molar-refractivity contribution in [1.29, 1.82) is 0 Å². The van der Waals surface area contributed by atoms with Crippen LogP contribution in [-0.4, -0.2) is 36.6 Å². The first-order valence-corrected chi connectivity index (χ1v) is 8.97. The van der Waals surface area contributed by atoms with Crippen molar-refractivity contribution < 1.29 is 17.9 Å². The van der Waals surface area contributed by atoms with Crippen molar-refractivity contribution in [1.82, 2.24) is 9.97 Å². The zero-order valence-electron chi connectivity index (χ0n) is 12.8. The summed E-state index contributed by atoms with van der Waals surface area (Å²) in [5.74, 6) is -0.152. The van der Waals surface area contributed by atoms with Gasteiger partial charge >= 0.3 is 0 Å². The van der Waals surface area contributed by atoms with Gasteiger partial charge in [-0.05, 0) is 30.5 Å². The van der Waals surface area contributed by atoms with Crippen LogP contribution in [0.4, 0.5) is 10.3 Å². The lowest BCUT2D eigenvalue weighted by Gasteiger charge is -2.33. The third kappa shape index (κ3) is 3.62. The highest BCUT2D eigenvalue weighted by molar-refractivity contribution is 7.89. The van der Waals surface area contributed by atoms with Gasteiger partial charge in [-0.15, -0.1) is 0 Å². The molecule has 0 saturated carbocycles. The molecule has 24 heavy (non-hydrogen) atoms. The van der Waals surface area contributed by atoms with Crippen LogP contribution in [0, 0.1) is 5.82 Å². The van der Waals surface area contributed by atoms with Crippen LogP contribution in [0.5, 0.6) is 5.75 Å². The Hall–Kier alpha value is -2.26. The summed E-state index contributed by atoms with van der Waals surface area (Å²) in [4.78, 5) is 9.89. The molecule has 2 aromatic rings. The Morgan fingerprint density at radius 2 is 1.96 bits per heavy atom. The number of benzene rings is 1. The number of phenols is 1. The normalized spacial score (nSPS) is 18.6. The maximum absolute atomic E-state index is 13.5. The molecule has 0 spiro atoms. The predicted molar refractivity (Wildman–Crippen MR) is 85.7 cm³/mol. The first-order valence-electron chi connectivity index (χ1n) is 7.42. The number of nitrogens with two attached hydrogens (primary N) is 1. The Labute approximate surface area is 139 Å². The Balaban J connectivity index is 1.80. The van der Waals surface area contributed by atoms with Crippen molar-refractivity contribution in [3.05, 3.63) is 42.0 Å². The highest BCUT2D eigenvalue weighted by Gasteiger charge is 2.24. The lowest BCUT2D eigenvalue weighted by molar-refractivity contribution is 0.461. The van der Waals surface area contributed by atoms with Gasteiger partial charge in [-0.1, -0.05) is 0 Å². The molecule has 1 saturated heterocycles. The van der Waals surface area contributed by atoms with Crippen LogP contribution in [-0.2, 0) is 10.0 Å². The third-order valence-electron chi connectivity index (χ3n) is 4.02. The number of phenolic OH excluding ortho intramolecular Hbond substituents is 1. The molecular weight excluding hydrogens is 335 g/mol. The molecule has 1 atom stereocenters. The minimum Gasteiger partial charge on any atom is -0.508 e. The van der Waals surface area contributed by atoms with Gasteiger partial charge in [0.1, 0.15) is 16.5 Å². The second-order valence-electron chi connectivity index (χ2n) is 5.79. The average Bonchev–Trinajstić information content (AvgIpc) is 2.53. The van der Waals surface area contributed by atoms with E-state index >= 15 is 0 Å². The molecular formula is C15H17FN4O3S. The molecule has 2 heterocycles. The van der Waals surface area contributed by atoms with Crippen molar-refractivity contribution in [2.24, 2.45) is 5.14 Å². The monoisotopic (exact) mass is 352 g/mol. The highest BCUT2D eigenvalue weighted by Crippen LogP contribution is 2.31. The molecule has 3 N–H and O–H groups in total. The predicted octanol–water partition coefficient (Wildman–Crippen LogP) is 1.35. The minimum absolute atomic E-state index is 0.0295. The van der Waals surface area contributed by atoms with Crippen LogP contribution in [0.25, 0.3) is 0 Å². The molecule has 9 heteroatoms. The zero-order valence-corrected chi connectivity index (χ0v) is 13.6. The molecule has 0 aliphatic carbocycles. The number of aromatic nitrogens is 2. The third-order valence-corrected chi connectivity index (χ3v) is 4.89. The van der Waals surface area contributed by atoms with E-state index in [4.69, 9.17) is 5.14 Å². The van der Waals surface area contributed by atoms with Crippen LogP contribution in [0.3, 0.4) is 0 Å². The summed E-state index contributed by atoms with van der Waals surface area (Å²) in [5, 5.41) is 14.6. The second kappa shape index (κ2) is 6.33. The Kier molecular flexibility index (Phi) is 4.37. The summed E-state index contributed by atoms with van der Waals surface area (Å²) in [6.45, 7) is 1.27. The van der Waals surface area contributed by atoms with E-state index in [1.165, 1.54) is 18.5 Å². The summed E-state index contributed by atoms with van der Waals surface area (Å²) >= 11 is 0. The molecule has 1 aromatic heterocycles. The first kappa shape index (κ1) is 16.6. The molecule has 1 fully saturated rings. The van der Waals surface area contributed by atoms with Gasteiger partial charge in [0.15, 0.2) is 0 Å². The Bertz CT molecular complexity index is 822. The van der Waals surface area contributed by atoms with E-state index in [-0.39, 0.29) is 16.6 Å². The highest BCUT2D eigenvalue weighted by atomic mass is 32.2. The van der Waals surface area contributed by atoms with E-state index in [2.05, 4.69) is 9.97 Å². The van der Waals surface area contributed by atoms with E-state index in [0.29, 0.717) is 19.0 Å². The largest absolute Gasteiger partial charge is 0.508 e. The summed E-state index contributed by atoms with van der Waals surface area (Å²) in [6, 6.07) is 4.04. The van der Waals surface area contributed by atoms with Crippen LogP contribution in [0.2, 0.25) is 0 Å². The summed E-state index contributed by atoms with van der Waals surface area (Å²) in [7, 11) is -3.83. The summed E-state index contributed by atoms with van der Waals surface area (Å²) in [5.41, 5.74) is 0.721. The van der Waals surface area contributed by atoms with Crippen molar-refractivity contribution in [3.63, 3.8) is 0 Å². The molecule has 1 aromatic carbocycles. The SMILES string of the molecule is NS(=O)(=O)c1cnc(N2CCCC(c3cc(O)cc(F)c3)C2)nc1. The minimum atomic E-state index is -3.83. The summed E-state index contributed by atoms with van der Waals surface area (Å²) in [6.07, 6.45) is 4.06. The lowest BCUT2D eigenvalue weighted by atomic mass is 9.90. The lowest BCUT2D eigenvalue weighted by Crippen LogP contribution is -2.35. The number of nitrogens with zero attached hydrogens (tertiary/aromatic N) is 3. The van der Waals surface area contributed by atoms with Crippen LogP contribution >= 0.6 is 0 Å². The molecule has 128 valence electrons. The standard InChI is InChI=1S/C15H17FN4O3S/c16-12-4-11(5-13(21)6-12)10-2-1-3-20(9-10)15-18-7-14(8-19-15)24(17,22)23/h4-8,10,21H,1-3,9H2,(H2,17,22,23). The van der Waals surface area contributed by atoms with E-state index in [1.807, 2.05) is 4.90 Å². The van der Waals surface area contributed by atoms with Crippen molar-refractivity contribution >= 4 is 16.0 Å². The maximum atomic E-state index is 13.5. The van der Waals surface area contributed by atoms with Crippen LogP contribution in [0.1, 0.15) is 24.3 Å². The Morgan fingerprint density at radius 1 is 1.25 bits per heavy atom. The number of halogens is 1. The van der Waals surface area contributed by atoms with Gasteiger partial charge in [-0.25, -0.2) is 27.9 Å². The molecule has 1 aliphatic heterocycles. The molecule has 1 unspecified atom stereocenters. The maximum Gasteiger partial charge on any atom is 0.241 e. The van der Waals surface area contributed by atoms with Gasteiger partial charge in [-0.3, -0.25) is 0 Å². The van der Waals surface area contributed by atoms with Crippen molar-refractivity contribution in [2.45, 2.75) is 23.7 Å². The molecule has 3 rings (SSSR count). The van der Waals surface area contributed by atoms with Gasteiger partial charge in [0, 0.05) is 25.1 Å². The smallest absolute Gasteiger partial charge is 0.241 e. The summed E-state index contributed by atoms with van der Waals surface area (Å²) < 4.78 is 36.0. The first-order chi connectivity index (χ1) is 11.3. The number of hydrogen-bond acceptors (Lipinski definition) is 6. The molecule has 7 nitrogen and oxygen atoms in total. The number of piperidine rings is 1. The number of primary sulfonamides is 1. The topological polar surface area (TPSA) is 109 Å². The van der Waals surface area contributed by atoms with Crippen molar-refractivity contribution in [2.75, 3.05) is 18.0 Å². The van der Waals surface area contributed by atoms with Gasteiger partial charge in [0.25, 0.3) is 0 Å². The van der Waals surface area contributed by atoms with E-state index in [1.54, 1.807) is 6.07 Å². The number of sulfonamides is 1. The number of aromatic hydroxyl groups is 1. The fourth-order valence-electron chi connectivity index (χ4n) is 2.88. The second-order valence-corrected chi connectivity index (χ2v) is 7.35. The average molecular weight is 352 g/mol. The van der Waals surface area contributed by atoms with Crippen molar-refractivity contribution in [3.8, 4) is 5.75 Å². The van der Waals surface area contributed by atoms with Gasteiger partial charge < -0.3 is 10.0 Å². The van der Waals surface area contributed by atoms with Crippen LogP contribution in [0.15, 0.2) is 35.5 Å². The quantitative estimate of drug-likeness (QED) is 0.863. The van der Waals surface area contributed by atoms with E-state index in [9.17, 15) is 17.9 Å². The zero-order chi connectivity index (χ0) is 17.3. The van der Waals surface area contributed by atoms with E-state index in [0.717, 1.165) is 24.5 Å². The number of rotatable bonds is 3. The van der Waals surface area contributed by atoms with Gasteiger partial charge in [0.05, 0.1) is 12.4 Å². The molecule has 0 bridgehead atoms. The number of hydrogen-bond donors (Lipinski definition) is 2. The van der Waals surface area contributed by atoms with Crippen LogP contribution < -0.4 is 10.0 Å². The molecule has 1 aliphatic rings. The molecule has 0 radical (unpaired) electrons. The number of anilines is 1. The fraction of sp³-hybridized carbons (Fsp3) is 0.333.